The molecule has 0 saturated carbocycles. The van der Waals surface area contributed by atoms with Gasteiger partial charge in [0.2, 0.25) is 10.0 Å². The second-order valence-electron chi connectivity index (χ2n) is 7.37. The van der Waals surface area contributed by atoms with Gasteiger partial charge in [-0.3, -0.25) is 0 Å². The smallest absolute Gasteiger partial charge is 0.243 e. The van der Waals surface area contributed by atoms with Gasteiger partial charge in [-0.1, -0.05) is 17.7 Å². The molecule has 2 fully saturated rings. The Hall–Kier alpha value is -1.94. The molecule has 156 valence electrons. The average molecular weight is 437 g/mol. The number of hydrogen-bond acceptors (Lipinski definition) is 7. The topological polar surface area (TPSA) is 72.9 Å². The monoisotopic (exact) mass is 436 g/mol. The van der Waals surface area contributed by atoms with Crippen molar-refractivity contribution in [2.75, 3.05) is 69.2 Å². The number of rotatable bonds is 4. The molecule has 0 radical (unpaired) electrons. The zero-order chi connectivity index (χ0) is 20.4. The summed E-state index contributed by atoms with van der Waals surface area (Å²) in [6.45, 7) is 5.89. The van der Waals surface area contributed by atoms with Gasteiger partial charge in [0.1, 0.15) is 18.0 Å². The van der Waals surface area contributed by atoms with Crippen molar-refractivity contribution in [2.45, 2.75) is 4.90 Å². The van der Waals surface area contributed by atoms with Crippen molar-refractivity contribution in [1.29, 1.82) is 0 Å². The molecule has 1 aromatic heterocycles. The van der Waals surface area contributed by atoms with Crippen molar-refractivity contribution in [2.24, 2.45) is 0 Å². The summed E-state index contributed by atoms with van der Waals surface area (Å²) in [6.07, 6.45) is 1.60. The summed E-state index contributed by atoms with van der Waals surface area (Å²) in [5.41, 5.74) is 0. The number of nitrogens with zero attached hydrogens (tertiary/aromatic N) is 6. The number of hydrogen-bond donors (Lipinski definition) is 0. The molecule has 0 unspecified atom stereocenters. The Labute approximate surface area is 176 Å². The fourth-order valence-corrected chi connectivity index (χ4v) is 5.38. The molecule has 8 nitrogen and oxygen atoms in total. The third-order valence-corrected chi connectivity index (χ3v) is 7.59. The number of sulfonamides is 1. The van der Waals surface area contributed by atoms with Gasteiger partial charge < -0.3 is 14.7 Å². The van der Waals surface area contributed by atoms with Gasteiger partial charge in [0, 0.05) is 63.4 Å². The van der Waals surface area contributed by atoms with E-state index < -0.39 is 10.0 Å². The maximum Gasteiger partial charge on any atom is 0.243 e. The molecule has 4 rings (SSSR count). The summed E-state index contributed by atoms with van der Waals surface area (Å²) >= 11 is 5.97. The van der Waals surface area contributed by atoms with Gasteiger partial charge >= 0.3 is 0 Å². The number of benzene rings is 1. The van der Waals surface area contributed by atoms with E-state index in [2.05, 4.69) is 31.7 Å². The van der Waals surface area contributed by atoms with E-state index in [4.69, 9.17) is 11.6 Å². The van der Waals surface area contributed by atoms with Gasteiger partial charge in [0.15, 0.2) is 0 Å². The average Bonchev–Trinajstić information content (AvgIpc) is 2.74. The summed E-state index contributed by atoms with van der Waals surface area (Å²) in [7, 11) is -1.42. The molecule has 1 aromatic carbocycles. The minimum absolute atomic E-state index is 0.234. The molecule has 0 amide bonds. The first-order chi connectivity index (χ1) is 13.9. The fraction of sp³-hybridized carbons (Fsp3) is 0.474. The number of aromatic nitrogens is 2. The normalized spacial score (nSPS) is 19.5. The van der Waals surface area contributed by atoms with Gasteiger partial charge in [-0.05, 0) is 25.2 Å². The standard InChI is InChI=1S/C19H25ClN6O2S/c1-23-5-7-24(8-6-23)18-14-19(22-15-21-18)25-9-11-26(12-10-25)29(27,28)17-4-2-3-16(20)13-17/h2-4,13-15H,5-12H2,1H3. The third-order valence-electron chi connectivity index (χ3n) is 5.46. The van der Waals surface area contributed by atoms with Crippen LogP contribution in [0.15, 0.2) is 41.6 Å². The molecule has 0 atom stereocenters. The lowest BCUT2D eigenvalue weighted by atomic mass is 10.3. The Morgan fingerprint density at radius 2 is 1.45 bits per heavy atom. The Bertz CT molecular complexity index is 957. The molecule has 0 aliphatic carbocycles. The van der Waals surface area contributed by atoms with Crippen LogP contribution in [0.3, 0.4) is 0 Å². The number of halogens is 1. The van der Waals surface area contributed by atoms with Crippen LogP contribution in [0.25, 0.3) is 0 Å². The first-order valence-electron chi connectivity index (χ1n) is 9.70. The van der Waals surface area contributed by atoms with Gasteiger partial charge in [-0.25, -0.2) is 18.4 Å². The number of likely N-dealkylation sites (N-methyl/N-ethyl adjacent to an activating group) is 1. The molecule has 2 aromatic rings. The van der Waals surface area contributed by atoms with Crippen molar-refractivity contribution >= 4 is 33.3 Å². The molecule has 29 heavy (non-hydrogen) atoms. The van der Waals surface area contributed by atoms with E-state index in [1.807, 2.05) is 6.07 Å². The van der Waals surface area contributed by atoms with Crippen LogP contribution in [0.1, 0.15) is 0 Å². The van der Waals surface area contributed by atoms with Gasteiger partial charge in [0.05, 0.1) is 4.90 Å². The molecule has 0 bridgehead atoms. The van der Waals surface area contributed by atoms with Crippen molar-refractivity contribution in [1.82, 2.24) is 19.2 Å². The lowest BCUT2D eigenvalue weighted by Crippen LogP contribution is -2.49. The third kappa shape index (κ3) is 4.48. The van der Waals surface area contributed by atoms with Crippen LogP contribution in [0.4, 0.5) is 11.6 Å². The van der Waals surface area contributed by atoms with Crippen LogP contribution in [0, 0.1) is 0 Å². The lowest BCUT2D eigenvalue weighted by molar-refractivity contribution is 0.312. The van der Waals surface area contributed by atoms with E-state index >= 15 is 0 Å². The zero-order valence-corrected chi connectivity index (χ0v) is 18.0. The van der Waals surface area contributed by atoms with E-state index in [-0.39, 0.29) is 4.90 Å². The van der Waals surface area contributed by atoms with Crippen LogP contribution in [0.5, 0.6) is 0 Å². The molecule has 3 heterocycles. The SMILES string of the molecule is CN1CCN(c2cc(N3CCN(S(=O)(=O)c4cccc(Cl)c4)CC3)ncn2)CC1. The zero-order valence-electron chi connectivity index (χ0n) is 16.4. The Balaban J connectivity index is 1.43. The molecule has 10 heteroatoms. The van der Waals surface area contributed by atoms with Crippen molar-refractivity contribution in [3.63, 3.8) is 0 Å². The summed E-state index contributed by atoms with van der Waals surface area (Å²) in [5, 5.41) is 0.419. The molecule has 0 spiro atoms. The number of piperazine rings is 2. The first-order valence-corrected chi connectivity index (χ1v) is 11.5. The van der Waals surface area contributed by atoms with Crippen LogP contribution < -0.4 is 9.80 Å². The first kappa shape index (κ1) is 20.3. The molecular weight excluding hydrogens is 412 g/mol. The van der Waals surface area contributed by atoms with E-state index in [0.717, 1.165) is 37.8 Å². The molecule has 2 aliphatic heterocycles. The molecule has 2 saturated heterocycles. The second kappa shape index (κ2) is 8.43. The van der Waals surface area contributed by atoms with E-state index in [1.54, 1.807) is 24.5 Å². The minimum Gasteiger partial charge on any atom is -0.354 e. The number of anilines is 2. The van der Waals surface area contributed by atoms with Crippen molar-refractivity contribution in [3.8, 4) is 0 Å². The Morgan fingerprint density at radius 1 is 0.862 bits per heavy atom. The maximum absolute atomic E-state index is 12.9. The van der Waals surface area contributed by atoms with Crippen molar-refractivity contribution in [3.05, 3.63) is 41.7 Å². The highest BCUT2D eigenvalue weighted by molar-refractivity contribution is 7.89. The van der Waals surface area contributed by atoms with Crippen LogP contribution >= 0.6 is 11.6 Å². The van der Waals surface area contributed by atoms with Crippen LogP contribution in [-0.2, 0) is 10.0 Å². The van der Waals surface area contributed by atoms with E-state index in [1.165, 1.54) is 10.4 Å². The van der Waals surface area contributed by atoms with Crippen LogP contribution in [-0.4, -0.2) is 87.0 Å². The molecule has 2 aliphatic rings. The summed E-state index contributed by atoms with van der Waals surface area (Å²) < 4.78 is 27.3. The Morgan fingerprint density at radius 3 is 2.03 bits per heavy atom. The minimum atomic E-state index is -3.54. The highest BCUT2D eigenvalue weighted by atomic mass is 35.5. The highest BCUT2D eigenvalue weighted by Gasteiger charge is 2.29. The predicted molar refractivity (Wildman–Crippen MR) is 114 cm³/mol. The molecular formula is C19H25ClN6O2S. The lowest BCUT2D eigenvalue weighted by Gasteiger charge is -2.36. The predicted octanol–water partition coefficient (Wildman–Crippen LogP) is 1.39. The van der Waals surface area contributed by atoms with E-state index in [0.29, 0.717) is 31.2 Å². The second-order valence-corrected chi connectivity index (χ2v) is 9.75. The largest absolute Gasteiger partial charge is 0.354 e. The van der Waals surface area contributed by atoms with Crippen molar-refractivity contribution < 1.29 is 8.42 Å². The Kier molecular flexibility index (Phi) is 5.91. The van der Waals surface area contributed by atoms with Gasteiger partial charge in [-0.2, -0.15) is 4.31 Å². The maximum atomic E-state index is 12.9. The fourth-order valence-electron chi connectivity index (χ4n) is 3.65. The van der Waals surface area contributed by atoms with Crippen LogP contribution in [0.2, 0.25) is 5.02 Å². The summed E-state index contributed by atoms with van der Waals surface area (Å²) in [6, 6.07) is 8.42. The summed E-state index contributed by atoms with van der Waals surface area (Å²) in [5.74, 6) is 1.77. The van der Waals surface area contributed by atoms with E-state index in [9.17, 15) is 8.42 Å². The quantitative estimate of drug-likeness (QED) is 0.717. The molecule has 0 N–H and O–H groups in total. The summed E-state index contributed by atoms with van der Waals surface area (Å²) in [4.78, 5) is 15.8. The van der Waals surface area contributed by atoms with Gasteiger partial charge in [-0.15, -0.1) is 0 Å². The van der Waals surface area contributed by atoms with Gasteiger partial charge in [0.25, 0.3) is 0 Å². The highest BCUT2D eigenvalue weighted by Crippen LogP contribution is 2.24.